The van der Waals surface area contributed by atoms with Crippen LogP contribution < -0.4 is 4.74 Å². The number of ether oxygens (including phenoxy) is 1. The first-order valence-corrected chi connectivity index (χ1v) is 4.28. The monoisotopic (exact) mass is 226 g/mol. The minimum absolute atomic E-state index is 0.773. The number of pyridine rings is 1. The summed E-state index contributed by atoms with van der Waals surface area (Å²) in [5, 5.41) is 1.00. The van der Waals surface area contributed by atoms with Crippen molar-refractivity contribution in [2.75, 3.05) is 7.11 Å². The Morgan fingerprint density at radius 1 is 1.58 bits per heavy atom. The van der Waals surface area contributed by atoms with E-state index in [1.807, 2.05) is 18.3 Å². The van der Waals surface area contributed by atoms with E-state index in [1.165, 1.54) is 0 Å². The second kappa shape index (κ2) is 2.79. The number of aromatic nitrogens is 2. The Morgan fingerprint density at radius 3 is 3.17 bits per heavy atom. The maximum Gasteiger partial charge on any atom is 0.142 e. The number of rotatable bonds is 1. The highest BCUT2D eigenvalue weighted by Gasteiger charge is 2.04. The van der Waals surface area contributed by atoms with E-state index in [0.29, 0.717) is 0 Å². The van der Waals surface area contributed by atoms with E-state index in [-0.39, 0.29) is 0 Å². The van der Waals surface area contributed by atoms with E-state index >= 15 is 0 Å². The maximum absolute atomic E-state index is 5.18. The van der Waals surface area contributed by atoms with Gasteiger partial charge in [-0.1, -0.05) is 0 Å². The average molecular weight is 227 g/mol. The van der Waals surface area contributed by atoms with Crippen molar-refractivity contribution in [3.05, 3.63) is 22.9 Å². The van der Waals surface area contributed by atoms with Gasteiger partial charge in [0.2, 0.25) is 0 Å². The van der Waals surface area contributed by atoms with Crippen LogP contribution in [0.4, 0.5) is 0 Å². The highest BCUT2D eigenvalue weighted by atomic mass is 79.9. The highest BCUT2D eigenvalue weighted by molar-refractivity contribution is 9.10. The summed E-state index contributed by atoms with van der Waals surface area (Å²) < 4.78 is 5.95. The van der Waals surface area contributed by atoms with Crippen molar-refractivity contribution in [2.45, 2.75) is 0 Å². The van der Waals surface area contributed by atoms with Crippen LogP contribution in [0, 0.1) is 0 Å². The van der Waals surface area contributed by atoms with Crippen LogP contribution in [-0.4, -0.2) is 17.1 Å². The zero-order chi connectivity index (χ0) is 8.55. The van der Waals surface area contributed by atoms with Gasteiger partial charge in [0.15, 0.2) is 0 Å². The molecule has 0 fully saturated rings. The van der Waals surface area contributed by atoms with Gasteiger partial charge in [-0.25, -0.2) is 4.98 Å². The normalized spacial score (nSPS) is 10.5. The Labute approximate surface area is 77.9 Å². The van der Waals surface area contributed by atoms with Crippen LogP contribution in [0.5, 0.6) is 5.75 Å². The van der Waals surface area contributed by atoms with Gasteiger partial charge in [-0.2, -0.15) is 0 Å². The SMILES string of the molecule is COc1cc(Br)nc2[nH]ccc12. The first-order valence-electron chi connectivity index (χ1n) is 3.49. The van der Waals surface area contributed by atoms with Crippen LogP contribution >= 0.6 is 15.9 Å². The van der Waals surface area contributed by atoms with Gasteiger partial charge in [-0.15, -0.1) is 0 Å². The van der Waals surface area contributed by atoms with Gasteiger partial charge in [0.05, 0.1) is 12.5 Å². The molecule has 0 aliphatic heterocycles. The number of nitrogens with one attached hydrogen (secondary N) is 1. The summed E-state index contributed by atoms with van der Waals surface area (Å²) in [6.45, 7) is 0. The highest BCUT2D eigenvalue weighted by Crippen LogP contribution is 2.26. The Kier molecular flexibility index (Phi) is 1.77. The van der Waals surface area contributed by atoms with Crippen LogP contribution in [0.25, 0.3) is 11.0 Å². The zero-order valence-electron chi connectivity index (χ0n) is 6.47. The Hall–Kier alpha value is -1.03. The van der Waals surface area contributed by atoms with E-state index in [4.69, 9.17) is 4.74 Å². The van der Waals surface area contributed by atoms with Crippen molar-refractivity contribution in [1.82, 2.24) is 9.97 Å². The lowest BCUT2D eigenvalue weighted by Crippen LogP contribution is -1.86. The molecule has 0 aromatic carbocycles. The molecule has 0 saturated carbocycles. The molecule has 0 spiro atoms. The quantitative estimate of drug-likeness (QED) is 0.759. The molecule has 2 rings (SSSR count). The Balaban J connectivity index is 2.80. The second-order valence-electron chi connectivity index (χ2n) is 2.39. The lowest BCUT2D eigenvalue weighted by atomic mass is 10.3. The molecule has 12 heavy (non-hydrogen) atoms. The molecule has 0 amide bonds. The van der Waals surface area contributed by atoms with Gasteiger partial charge in [-0.3, -0.25) is 0 Å². The molecule has 62 valence electrons. The van der Waals surface area contributed by atoms with Crippen LogP contribution in [-0.2, 0) is 0 Å². The largest absolute Gasteiger partial charge is 0.496 e. The van der Waals surface area contributed by atoms with Crippen molar-refractivity contribution < 1.29 is 4.74 Å². The zero-order valence-corrected chi connectivity index (χ0v) is 8.05. The van der Waals surface area contributed by atoms with Crippen molar-refractivity contribution in [3.63, 3.8) is 0 Å². The lowest BCUT2D eigenvalue weighted by Gasteiger charge is -2.00. The molecule has 0 bridgehead atoms. The number of aromatic amines is 1. The minimum Gasteiger partial charge on any atom is -0.496 e. The average Bonchev–Trinajstić information content (AvgIpc) is 2.50. The van der Waals surface area contributed by atoms with Crippen LogP contribution in [0.3, 0.4) is 0 Å². The van der Waals surface area contributed by atoms with Crippen molar-refractivity contribution in [2.24, 2.45) is 0 Å². The third-order valence-corrected chi connectivity index (χ3v) is 2.09. The molecule has 0 saturated heterocycles. The summed E-state index contributed by atoms with van der Waals surface area (Å²) in [6, 6.07) is 3.78. The molecule has 0 radical (unpaired) electrons. The molecule has 0 aliphatic rings. The van der Waals surface area contributed by atoms with Gasteiger partial charge >= 0.3 is 0 Å². The fourth-order valence-corrected chi connectivity index (χ4v) is 1.53. The first-order chi connectivity index (χ1) is 5.81. The van der Waals surface area contributed by atoms with E-state index in [9.17, 15) is 0 Å². The van der Waals surface area contributed by atoms with Crippen LogP contribution in [0.2, 0.25) is 0 Å². The molecule has 2 heterocycles. The Bertz CT molecular complexity index is 410. The summed E-state index contributed by atoms with van der Waals surface area (Å²) in [5.41, 5.74) is 0.834. The number of H-pyrrole nitrogens is 1. The Morgan fingerprint density at radius 2 is 2.42 bits per heavy atom. The predicted octanol–water partition coefficient (Wildman–Crippen LogP) is 2.33. The molecule has 2 aromatic rings. The maximum atomic E-state index is 5.18. The van der Waals surface area contributed by atoms with Crippen molar-refractivity contribution >= 4 is 27.0 Å². The summed E-state index contributed by atoms with van der Waals surface area (Å²) in [7, 11) is 1.65. The number of fused-ring (bicyclic) bond motifs is 1. The standard InChI is InChI=1S/C8H7BrN2O/c1-12-6-4-7(9)11-8-5(6)2-3-10-8/h2-4H,1H3,(H,10,11). The number of hydrogen-bond acceptors (Lipinski definition) is 2. The molecule has 1 N–H and O–H groups in total. The van der Waals surface area contributed by atoms with Gasteiger partial charge < -0.3 is 9.72 Å². The number of hydrogen-bond donors (Lipinski definition) is 1. The van der Waals surface area contributed by atoms with Crippen LogP contribution in [0.1, 0.15) is 0 Å². The van der Waals surface area contributed by atoms with Crippen LogP contribution in [0.15, 0.2) is 22.9 Å². The lowest BCUT2D eigenvalue weighted by molar-refractivity contribution is 0.419. The number of halogens is 1. The molecular formula is C8H7BrN2O. The van der Waals surface area contributed by atoms with Gasteiger partial charge in [0.1, 0.15) is 16.0 Å². The minimum atomic E-state index is 0.773. The molecule has 4 heteroatoms. The number of nitrogens with zero attached hydrogens (tertiary/aromatic N) is 1. The molecule has 3 nitrogen and oxygen atoms in total. The third kappa shape index (κ3) is 1.08. The van der Waals surface area contributed by atoms with E-state index < -0.39 is 0 Å². The number of methoxy groups -OCH3 is 1. The summed E-state index contributed by atoms with van der Waals surface area (Å²) in [4.78, 5) is 7.24. The predicted molar refractivity (Wildman–Crippen MR) is 50.3 cm³/mol. The van der Waals surface area contributed by atoms with Crippen molar-refractivity contribution in [1.29, 1.82) is 0 Å². The summed E-state index contributed by atoms with van der Waals surface area (Å²) in [6.07, 6.45) is 1.84. The molecule has 0 unspecified atom stereocenters. The van der Waals surface area contributed by atoms with Crippen molar-refractivity contribution in [3.8, 4) is 5.75 Å². The van der Waals surface area contributed by atoms with E-state index in [2.05, 4.69) is 25.9 Å². The first kappa shape index (κ1) is 7.61. The topological polar surface area (TPSA) is 37.9 Å². The summed E-state index contributed by atoms with van der Waals surface area (Å²) >= 11 is 3.30. The molecule has 2 aromatic heterocycles. The second-order valence-corrected chi connectivity index (χ2v) is 3.20. The van der Waals surface area contributed by atoms with Gasteiger partial charge in [0, 0.05) is 12.3 Å². The molecular weight excluding hydrogens is 220 g/mol. The molecule has 0 aliphatic carbocycles. The van der Waals surface area contributed by atoms with E-state index in [1.54, 1.807) is 7.11 Å². The smallest absolute Gasteiger partial charge is 0.142 e. The fourth-order valence-electron chi connectivity index (χ4n) is 1.15. The van der Waals surface area contributed by atoms with Gasteiger partial charge in [-0.05, 0) is 22.0 Å². The third-order valence-electron chi connectivity index (χ3n) is 1.68. The summed E-state index contributed by atoms with van der Waals surface area (Å²) in [5.74, 6) is 0.827. The van der Waals surface area contributed by atoms with Gasteiger partial charge in [0.25, 0.3) is 0 Å². The molecule has 0 atom stereocenters. The van der Waals surface area contributed by atoms with E-state index in [0.717, 1.165) is 21.4 Å². The fraction of sp³-hybridized carbons (Fsp3) is 0.125.